The third-order valence-corrected chi connectivity index (χ3v) is 5.57. The summed E-state index contributed by atoms with van der Waals surface area (Å²) in [5.74, 6) is -0.995. The highest BCUT2D eigenvalue weighted by Gasteiger charge is 2.30. The van der Waals surface area contributed by atoms with Gasteiger partial charge in [-0.3, -0.25) is 14.9 Å². The maximum Gasteiger partial charge on any atom is 0.319 e. The molecule has 1 saturated heterocycles. The lowest BCUT2D eigenvalue weighted by atomic mass is 9.90. The second kappa shape index (κ2) is 8.20. The van der Waals surface area contributed by atoms with Crippen LogP contribution in [-0.2, 0) is 16.1 Å². The van der Waals surface area contributed by atoms with Gasteiger partial charge in [0.05, 0.1) is 12.2 Å². The van der Waals surface area contributed by atoms with Crippen molar-refractivity contribution >= 4 is 46.1 Å². The number of halogens is 1. The quantitative estimate of drug-likeness (QED) is 0.544. The summed E-state index contributed by atoms with van der Waals surface area (Å²) in [6.45, 7) is 2.18. The number of imide groups is 1. The Morgan fingerprint density at radius 1 is 1.23 bits per heavy atom. The number of carbonyl (C=O) groups excluding carboxylic acids is 3. The molecule has 0 bridgehead atoms. The normalized spacial score (nSPS) is 16.4. The van der Waals surface area contributed by atoms with Crippen LogP contribution in [0.3, 0.4) is 0 Å². The summed E-state index contributed by atoms with van der Waals surface area (Å²) in [7, 11) is 0. The third-order valence-electron chi connectivity index (χ3n) is 5.17. The van der Waals surface area contributed by atoms with Gasteiger partial charge in [0.25, 0.3) is 0 Å². The summed E-state index contributed by atoms with van der Waals surface area (Å²) in [5, 5.41) is 9.31. The summed E-state index contributed by atoms with van der Waals surface area (Å²) in [5.41, 5.74) is 3.79. The minimum Gasteiger partial charge on any atom is -0.464 e. The number of nitrogens with one attached hydrogen (secondary N) is 3. The molecule has 2 heterocycles. The topological polar surface area (TPSA) is 100 Å². The Morgan fingerprint density at radius 2 is 2.07 bits per heavy atom. The maximum absolute atomic E-state index is 12.2. The molecule has 3 aromatic rings. The second-order valence-electron chi connectivity index (χ2n) is 7.30. The average Bonchev–Trinajstić information content (AvgIpc) is 3.12. The number of piperidine rings is 1. The minimum atomic E-state index is -0.429. The molecule has 0 aliphatic carbocycles. The molecular weight excluding hydrogens is 406 g/mol. The van der Waals surface area contributed by atoms with Gasteiger partial charge in [-0.25, -0.2) is 4.79 Å². The van der Waals surface area contributed by atoms with Crippen molar-refractivity contribution < 1.29 is 18.8 Å². The predicted molar refractivity (Wildman–Crippen MR) is 113 cm³/mol. The van der Waals surface area contributed by atoms with Gasteiger partial charge in [-0.2, -0.15) is 0 Å². The van der Waals surface area contributed by atoms with Crippen LogP contribution >= 0.6 is 11.6 Å². The average molecular weight is 426 g/mol. The number of urea groups is 1. The maximum atomic E-state index is 12.2. The highest BCUT2D eigenvalue weighted by molar-refractivity contribution is 6.31. The monoisotopic (exact) mass is 425 g/mol. The van der Waals surface area contributed by atoms with Crippen molar-refractivity contribution in [3.8, 4) is 0 Å². The van der Waals surface area contributed by atoms with Gasteiger partial charge in [0.2, 0.25) is 11.8 Å². The second-order valence-corrected chi connectivity index (χ2v) is 7.70. The molecule has 1 unspecified atom stereocenters. The Bertz CT molecular complexity index is 1150. The van der Waals surface area contributed by atoms with E-state index in [-0.39, 0.29) is 17.8 Å². The molecule has 0 radical (unpaired) electrons. The van der Waals surface area contributed by atoms with Gasteiger partial charge in [-0.05, 0) is 48.7 Å². The molecule has 3 N–H and O–H groups in total. The number of anilines is 1. The number of hydrogen-bond acceptors (Lipinski definition) is 4. The fraction of sp³-hybridized carbons (Fsp3) is 0.227. The first-order valence-corrected chi connectivity index (χ1v) is 9.93. The van der Waals surface area contributed by atoms with E-state index in [1.54, 1.807) is 24.5 Å². The van der Waals surface area contributed by atoms with Crippen LogP contribution in [0.2, 0.25) is 5.02 Å². The number of aryl methyl sites for hydroxylation is 1. The van der Waals surface area contributed by atoms with Crippen molar-refractivity contribution in [1.29, 1.82) is 0 Å². The van der Waals surface area contributed by atoms with E-state index in [1.807, 2.05) is 25.1 Å². The molecule has 8 heteroatoms. The highest BCUT2D eigenvalue weighted by Crippen LogP contribution is 2.33. The molecule has 2 aromatic carbocycles. The van der Waals surface area contributed by atoms with Crippen molar-refractivity contribution in [2.75, 3.05) is 5.32 Å². The number of rotatable bonds is 4. The summed E-state index contributed by atoms with van der Waals surface area (Å²) < 4.78 is 5.58. The van der Waals surface area contributed by atoms with Crippen molar-refractivity contribution in [3.05, 3.63) is 64.4 Å². The molecule has 1 atom stereocenters. The SMILES string of the molecule is Cc1ccc(NC(=O)NCc2ccc3occ(C4CCC(=O)NC4=O)c3c2)cc1Cl. The molecule has 1 aliphatic rings. The lowest BCUT2D eigenvalue weighted by Gasteiger charge is -2.20. The van der Waals surface area contributed by atoms with E-state index in [9.17, 15) is 14.4 Å². The van der Waals surface area contributed by atoms with E-state index < -0.39 is 5.92 Å². The fourth-order valence-corrected chi connectivity index (χ4v) is 3.67. The van der Waals surface area contributed by atoms with Gasteiger partial charge in [-0.15, -0.1) is 0 Å². The van der Waals surface area contributed by atoms with Gasteiger partial charge in [0.1, 0.15) is 5.58 Å². The lowest BCUT2D eigenvalue weighted by Crippen LogP contribution is -2.39. The number of benzene rings is 2. The Balaban J connectivity index is 1.45. The van der Waals surface area contributed by atoms with E-state index in [2.05, 4.69) is 16.0 Å². The van der Waals surface area contributed by atoms with Crippen LogP contribution in [0, 0.1) is 6.92 Å². The Hall–Kier alpha value is -3.32. The number of fused-ring (bicyclic) bond motifs is 1. The zero-order valence-electron chi connectivity index (χ0n) is 16.3. The largest absolute Gasteiger partial charge is 0.464 e. The summed E-state index contributed by atoms with van der Waals surface area (Å²) in [6, 6.07) is 10.5. The number of carbonyl (C=O) groups is 3. The van der Waals surface area contributed by atoms with Crippen molar-refractivity contribution in [3.63, 3.8) is 0 Å². The summed E-state index contributed by atoms with van der Waals surface area (Å²) in [6.07, 6.45) is 2.31. The molecule has 1 fully saturated rings. The van der Waals surface area contributed by atoms with Gasteiger partial charge in [0, 0.05) is 34.6 Å². The number of amides is 4. The summed E-state index contributed by atoms with van der Waals surface area (Å²) >= 11 is 6.08. The Morgan fingerprint density at radius 3 is 2.83 bits per heavy atom. The zero-order valence-corrected chi connectivity index (χ0v) is 17.0. The third kappa shape index (κ3) is 4.16. The standard InChI is InChI=1S/C22H20ClN3O4/c1-12-2-4-14(9-18(12)23)25-22(29)24-10-13-3-6-19-16(8-13)17(11-30-19)15-5-7-20(27)26-21(15)28/h2-4,6,8-9,11,15H,5,7,10H2,1H3,(H2,24,25,29)(H,26,27,28). The van der Waals surface area contributed by atoms with Gasteiger partial charge in [-0.1, -0.05) is 23.7 Å². The summed E-state index contributed by atoms with van der Waals surface area (Å²) in [4.78, 5) is 35.8. The first-order valence-electron chi connectivity index (χ1n) is 9.55. The molecule has 1 aromatic heterocycles. The van der Waals surface area contributed by atoms with Crippen LogP contribution in [0.15, 0.2) is 47.1 Å². The van der Waals surface area contributed by atoms with Crippen LogP contribution in [-0.4, -0.2) is 17.8 Å². The first-order chi connectivity index (χ1) is 14.4. The Kier molecular flexibility index (Phi) is 5.46. The lowest BCUT2D eigenvalue weighted by molar-refractivity contribution is -0.134. The molecule has 4 amide bonds. The van der Waals surface area contributed by atoms with Crippen LogP contribution in [0.4, 0.5) is 10.5 Å². The Labute approximate surface area is 177 Å². The molecule has 1 aliphatic heterocycles. The molecule has 4 rings (SSSR count). The van der Waals surface area contributed by atoms with E-state index in [4.69, 9.17) is 16.0 Å². The van der Waals surface area contributed by atoms with Crippen LogP contribution in [0.1, 0.15) is 35.4 Å². The molecular formula is C22H20ClN3O4. The van der Waals surface area contributed by atoms with E-state index in [0.29, 0.717) is 35.7 Å². The van der Waals surface area contributed by atoms with Crippen LogP contribution in [0.25, 0.3) is 11.0 Å². The van der Waals surface area contributed by atoms with Gasteiger partial charge >= 0.3 is 6.03 Å². The van der Waals surface area contributed by atoms with Crippen molar-refractivity contribution in [1.82, 2.24) is 10.6 Å². The van der Waals surface area contributed by atoms with Crippen LogP contribution < -0.4 is 16.0 Å². The number of furan rings is 1. The van der Waals surface area contributed by atoms with Crippen LogP contribution in [0.5, 0.6) is 0 Å². The molecule has 0 saturated carbocycles. The molecule has 0 spiro atoms. The highest BCUT2D eigenvalue weighted by atomic mass is 35.5. The first kappa shape index (κ1) is 20.0. The smallest absolute Gasteiger partial charge is 0.319 e. The number of hydrogen-bond donors (Lipinski definition) is 3. The predicted octanol–water partition coefficient (Wildman–Crippen LogP) is 4.24. The van der Waals surface area contributed by atoms with E-state index >= 15 is 0 Å². The van der Waals surface area contributed by atoms with E-state index in [1.165, 1.54) is 0 Å². The molecule has 154 valence electrons. The van der Waals surface area contributed by atoms with Crippen molar-refractivity contribution in [2.45, 2.75) is 32.2 Å². The van der Waals surface area contributed by atoms with E-state index in [0.717, 1.165) is 22.1 Å². The zero-order chi connectivity index (χ0) is 21.3. The minimum absolute atomic E-state index is 0.255. The fourth-order valence-electron chi connectivity index (χ4n) is 3.49. The van der Waals surface area contributed by atoms with Gasteiger partial charge in [0.15, 0.2) is 0 Å². The molecule has 30 heavy (non-hydrogen) atoms. The van der Waals surface area contributed by atoms with Gasteiger partial charge < -0.3 is 15.1 Å². The van der Waals surface area contributed by atoms with Crippen molar-refractivity contribution in [2.24, 2.45) is 0 Å². The molecule has 7 nitrogen and oxygen atoms in total.